The number of ether oxygens (including phenoxy) is 2. The van der Waals surface area contributed by atoms with Gasteiger partial charge >= 0.3 is 0 Å². The molecule has 0 N–H and O–H groups in total. The van der Waals surface area contributed by atoms with Crippen molar-refractivity contribution in [2.45, 2.75) is 39.0 Å². The molecule has 200 valence electrons. The van der Waals surface area contributed by atoms with E-state index in [2.05, 4.69) is 75.4 Å². The number of piperidine rings is 1. The van der Waals surface area contributed by atoms with Crippen LogP contribution in [-0.4, -0.2) is 18.0 Å². The second-order valence-corrected chi connectivity index (χ2v) is 10.4. The monoisotopic (exact) mass is 602 g/mol. The van der Waals surface area contributed by atoms with Crippen molar-refractivity contribution in [3.8, 4) is 28.7 Å². The Morgan fingerprint density at radius 2 is 1.56 bits per heavy atom. The Morgan fingerprint density at radius 3 is 2.36 bits per heavy atom. The molecule has 4 aromatic rings. The van der Waals surface area contributed by atoms with Gasteiger partial charge in [0.1, 0.15) is 24.7 Å². The molecule has 0 aromatic heterocycles. The molecular formula is C33H32BrClN2O2. The maximum absolute atomic E-state index is 9.25. The first-order valence-electron chi connectivity index (χ1n) is 13.1. The zero-order valence-corrected chi connectivity index (χ0v) is 24.2. The molecule has 5 rings (SSSR count). The van der Waals surface area contributed by atoms with Gasteiger partial charge in [0.25, 0.3) is 0 Å². The van der Waals surface area contributed by atoms with Crippen molar-refractivity contribution in [1.82, 2.24) is 4.90 Å². The van der Waals surface area contributed by atoms with Crippen LogP contribution < -0.4 is 9.47 Å². The van der Waals surface area contributed by atoms with Gasteiger partial charge in [-0.25, -0.2) is 0 Å². The fourth-order valence-electron chi connectivity index (χ4n) is 4.83. The average Bonchev–Trinajstić information content (AvgIpc) is 2.97. The Kier molecular flexibility index (Phi) is 10.4. The van der Waals surface area contributed by atoms with Crippen molar-refractivity contribution in [1.29, 1.82) is 5.26 Å². The van der Waals surface area contributed by atoms with Crippen LogP contribution in [0.1, 0.15) is 41.5 Å². The first kappa shape index (κ1) is 28.7. The highest BCUT2D eigenvalue weighted by Crippen LogP contribution is 2.33. The summed E-state index contributed by atoms with van der Waals surface area (Å²) >= 11 is 3.80. The molecule has 0 spiro atoms. The maximum Gasteiger partial charge on any atom is 0.128 e. The minimum Gasteiger partial charge on any atom is -0.489 e. The van der Waals surface area contributed by atoms with Gasteiger partial charge in [-0.05, 0) is 76.8 Å². The number of benzene rings is 4. The lowest BCUT2D eigenvalue weighted by molar-refractivity contribution is 0.214. The summed E-state index contributed by atoms with van der Waals surface area (Å²) in [5, 5.41) is 9.25. The zero-order valence-electron chi connectivity index (χ0n) is 21.8. The molecule has 0 amide bonds. The molecule has 0 bridgehead atoms. The Hall–Kier alpha value is -3.30. The highest BCUT2D eigenvalue weighted by Gasteiger charge is 2.15. The molecule has 1 heterocycles. The summed E-state index contributed by atoms with van der Waals surface area (Å²) in [4.78, 5) is 2.49. The highest BCUT2D eigenvalue weighted by atomic mass is 79.9. The second-order valence-electron chi connectivity index (χ2n) is 9.64. The lowest BCUT2D eigenvalue weighted by atomic mass is 10.0. The van der Waals surface area contributed by atoms with Crippen molar-refractivity contribution >= 4 is 28.3 Å². The van der Waals surface area contributed by atoms with Crippen molar-refractivity contribution in [2.75, 3.05) is 13.1 Å². The number of hydrogen-bond acceptors (Lipinski definition) is 4. The van der Waals surface area contributed by atoms with E-state index in [9.17, 15) is 5.26 Å². The number of likely N-dealkylation sites (tertiary alicyclic amines) is 1. The van der Waals surface area contributed by atoms with Crippen LogP contribution in [0.15, 0.2) is 95.5 Å². The quantitative estimate of drug-likeness (QED) is 0.192. The van der Waals surface area contributed by atoms with E-state index >= 15 is 0 Å². The van der Waals surface area contributed by atoms with Crippen LogP contribution in [0.2, 0.25) is 0 Å². The Balaban J connectivity index is 0.00000353. The number of rotatable bonds is 9. The van der Waals surface area contributed by atoms with Crippen molar-refractivity contribution in [3.05, 3.63) is 118 Å². The van der Waals surface area contributed by atoms with E-state index in [0.29, 0.717) is 18.8 Å². The molecule has 6 heteroatoms. The predicted octanol–water partition coefficient (Wildman–Crippen LogP) is 8.55. The van der Waals surface area contributed by atoms with Crippen LogP contribution in [0.5, 0.6) is 11.5 Å². The van der Waals surface area contributed by atoms with Gasteiger partial charge in [-0.1, -0.05) is 73.2 Å². The van der Waals surface area contributed by atoms with Crippen molar-refractivity contribution in [2.24, 2.45) is 0 Å². The summed E-state index contributed by atoms with van der Waals surface area (Å²) in [5.74, 6) is 1.60. The van der Waals surface area contributed by atoms with E-state index in [1.165, 1.54) is 24.8 Å². The van der Waals surface area contributed by atoms with E-state index in [4.69, 9.17) is 9.47 Å². The molecule has 4 nitrogen and oxygen atoms in total. The summed E-state index contributed by atoms with van der Waals surface area (Å²) in [7, 11) is 0. The van der Waals surface area contributed by atoms with Gasteiger partial charge < -0.3 is 9.47 Å². The molecule has 0 atom stereocenters. The van der Waals surface area contributed by atoms with Crippen molar-refractivity contribution in [3.63, 3.8) is 0 Å². The predicted molar refractivity (Wildman–Crippen MR) is 162 cm³/mol. The number of hydrogen-bond donors (Lipinski definition) is 0. The fraction of sp³-hybridized carbons (Fsp3) is 0.242. The van der Waals surface area contributed by atoms with Crippen LogP contribution in [0.25, 0.3) is 11.1 Å². The lowest BCUT2D eigenvalue weighted by Crippen LogP contribution is -2.29. The Bertz CT molecular complexity index is 1420. The molecule has 1 fully saturated rings. The van der Waals surface area contributed by atoms with Gasteiger partial charge in [0.2, 0.25) is 0 Å². The number of halogens is 2. The SMILES string of the molecule is Cl.N#Cc1cccc(COc2cc(OCc3cccc(-c4ccccc4)c3Br)ccc2CN2CCCCC2)c1. The summed E-state index contributed by atoms with van der Waals surface area (Å²) in [6, 6.07) is 32.6. The molecule has 4 aromatic carbocycles. The summed E-state index contributed by atoms with van der Waals surface area (Å²) in [6.07, 6.45) is 3.80. The van der Waals surface area contributed by atoms with E-state index in [0.717, 1.165) is 57.9 Å². The average molecular weight is 604 g/mol. The molecule has 1 saturated heterocycles. The third-order valence-corrected chi connectivity index (χ3v) is 7.83. The van der Waals surface area contributed by atoms with E-state index < -0.39 is 0 Å². The Labute approximate surface area is 245 Å². The van der Waals surface area contributed by atoms with E-state index in [1.54, 1.807) is 0 Å². The Morgan fingerprint density at radius 1 is 0.769 bits per heavy atom. The summed E-state index contributed by atoms with van der Waals surface area (Å²) in [6.45, 7) is 3.94. The van der Waals surface area contributed by atoms with Crippen LogP contribution >= 0.6 is 28.3 Å². The fourth-order valence-corrected chi connectivity index (χ4v) is 5.44. The van der Waals surface area contributed by atoms with Crippen molar-refractivity contribution < 1.29 is 9.47 Å². The third-order valence-electron chi connectivity index (χ3n) is 6.89. The van der Waals surface area contributed by atoms with Gasteiger partial charge in [0.05, 0.1) is 11.6 Å². The molecule has 1 aliphatic heterocycles. The first-order valence-corrected chi connectivity index (χ1v) is 13.9. The largest absolute Gasteiger partial charge is 0.489 e. The van der Waals surface area contributed by atoms with Gasteiger partial charge in [-0.3, -0.25) is 4.90 Å². The molecule has 0 aliphatic carbocycles. The number of nitriles is 1. The topological polar surface area (TPSA) is 45.5 Å². The highest BCUT2D eigenvalue weighted by molar-refractivity contribution is 9.10. The number of nitrogens with zero attached hydrogens (tertiary/aromatic N) is 2. The van der Waals surface area contributed by atoms with Gasteiger partial charge in [0.15, 0.2) is 0 Å². The van der Waals surface area contributed by atoms with Gasteiger partial charge in [-0.15, -0.1) is 12.4 Å². The van der Waals surface area contributed by atoms with Crippen LogP contribution in [0, 0.1) is 11.3 Å². The van der Waals surface area contributed by atoms with Crippen LogP contribution in [-0.2, 0) is 19.8 Å². The van der Waals surface area contributed by atoms with Gasteiger partial charge in [0, 0.05) is 28.2 Å². The smallest absolute Gasteiger partial charge is 0.128 e. The third kappa shape index (κ3) is 7.64. The minimum atomic E-state index is 0. The zero-order chi connectivity index (χ0) is 26.2. The first-order chi connectivity index (χ1) is 18.7. The lowest BCUT2D eigenvalue weighted by Gasteiger charge is -2.27. The summed E-state index contributed by atoms with van der Waals surface area (Å²) < 4.78 is 13.6. The van der Waals surface area contributed by atoms with Crippen LogP contribution in [0.4, 0.5) is 0 Å². The van der Waals surface area contributed by atoms with E-state index in [-0.39, 0.29) is 12.4 Å². The van der Waals surface area contributed by atoms with E-state index in [1.807, 2.05) is 42.5 Å². The normalized spacial score (nSPS) is 13.2. The maximum atomic E-state index is 9.25. The minimum absolute atomic E-state index is 0. The molecule has 0 radical (unpaired) electrons. The standard InChI is InChI=1S/C33H31BrN2O2.ClH/c34-33-29(13-8-14-31(33)27-11-3-1-4-12-27)24-37-30-16-15-28(22-36-17-5-2-6-18-36)32(20-30)38-23-26-10-7-9-25(19-26)21-35;/h1,3-4,7-16,19-20H,2,5-6,17-18,22-24H2;1H. The molecule has 0 unspecified atom stereocenters. The molecule has 1 aliphatic rings. The van der Waals surface area contributed by atoms with Gasteiger partial charge in [-0.2, -0.15) is 5.26 Å². The molecular weight excluding hydrogens is 572 g/mol. The van der Waals surface area contributed by atoms with Crippen LogP contribution in [0.3, 0.4) is 0 Å². The molecule has 0 saturated carbocycles. The molecule has 39 heavy (non-hydrogen) atoms. The summed E-state index contributed by atoms with van der Waals surface area (Å²) in [5.41, 5.74) is 6.16. The second kappa shape index (κ2) is 14.2.